The van der Waals surface area contributed by atoms with Crippen LogP contribution in [-0.4, -0.2) is 11.2 Å². The Kier molecular flexibility index (Phi) is 5.11. The highest BCUT2D eigenvalue weighted by Crippen LogP contribution is 2.67. The smallest absolute Gasteiger partial charge is 0.0577 e. The van der Waals surface area contributed by atoms with Gasteiger partial charge >= 0.3 is 0 Å². The summed E-state index contributed by atoms with van der Waals surface area (Å²) in [6, 6.07) is 0. The van der Waals surface area contributed by atoms with Crippen molar-refractivity contribution in [1.82, 2.24) is 0 Å². The third kappa shape index (κ3) is 3.42. The fourth-order valence-corrected chi connectivity index (χ4v) is 8.58. The van der Waals surface area contributed by atoms with Gasteiger partial charge in [-0.25, -0.2) is 0 Å². The normalized spacial score (nSPS) is 48.6. The van der Waals surface area contributed by atoms with E-state index < -0.39 is 6.88 Å². The second kappa shape index (κ2) is 7.75. The van der Waals surface area contributed by atoms with Crippen LogP contribution in [0.2, 0.25) is 0 Å². The van der Waals surface area contributed by atoms with Gasteiger partial charge in [0.15, 0.2) is 0 Å². The molecule has 160 valence electrons. The van der Waals surface area contributed by atoms with Gasteiger partial charge in [-0.3, -0.25) is 0 Å². The molecule has 1 heteroatoms. The quantitative estimate of drug-likeness (QED) is 0.487. The van der Waals surface area contributed by atoms with Crippen molar-refractivity contribution < 1.29 is 7.85 Å². The van der Waals surface area contributed by atoms with Crippen LogP contribution in [0.15, 0.2) is 11.6 Å². The summed E-state index contributed by atoms with van der Waals surface area (Å²) in [5.74, 6) is 4.41. The number of aliphatic hydroxyl groups is 1. The van der Waals surface area contributed by atoms with Gasteiger partial charge in [0.05, 0.1) is 6.10 Å². The molecule has 3 saturated carbocycles. The van der Waals surface area contributed by atoms with Crippen molar-refractivity contribution in [2.75, 3.05) is 0 Å². The van der Waals surface area contributed by atoms with Gasteiger partial charge in [0, 0.05) is 2.74 Å². The predicted molar refractivity (Wildman–Crippen MR) is 119 cm³/mol. The lowest BCUT2D eigenvalue weighted by Crippen LogP contribution is -2.50. The zero-order valence-electron chi connectivity index (χ0n) is 20.9. The predicted octanol–water partition coefficient (Wildman–Crippen LogP) is 7.39. The first-order valence-electron chi connectivity index (χ1n) is 13.5. The molecule has 3 fully saturated rings. The number of hydrogen-bond acceptors (Lipinski definition) is 1. The molecule has 4 aliphatic rings. The van der Waals surface area contributed by atoms with Crippen molar-refractivity contribution in [2.24, 2.45) is 46.3 Å². The average Bonchev–Trinajstić information content (AvgIpc) is 3.05. The molecule has 0 heterocycles. The minimum absolute atomic E-state index is 0.102. The van der Waals surface area contributed by atoms with Crippen LogP contribution in [0.4, 0.5) is 0 Å². The molecule has 1 nitrogen and oxygen atoms in total. The molecule has 0 amide bonds. The van der Waals surface area contributed by atoms with E-state index >= 15 is 0 Å². The molecule has 0 aromatic carbocycles. The van der Waals surface area contributed by atoms with Crippen molar-refractivity contribution in [2.45, 2.75) is 111 Å². The second-order valence-corrected chi connectivity index (χ2v) is 11.8. The molecular formula is C27H46O. The lowest BCUT2D eigenvalue weighted by atomic mass is 9.47. The van der Waals surface area contributed by atoms with E-state index in [1.165, 1.54) is 51.4 Å². The van der Waals surface area contributed by atoms with Crippen molar-refractivity contribution in [1.29, 1.82) is 0 Å². The Bertz CT molecular complexity index is 645. The van der Waals surface area contributed by atoms with Crippen molar-refractivity contribution >= 4 is 0 Å². The molecule has 0 radical (unpaired) electrons. The van der Waals surface area contributed by atoms with E-state index in [1.54, 1.807) is 5.57 Å². The SMILES string of the molecule is [2H]C([2H])C(C)CCC[C@@H](C)[C@H]1CC[C@H]2[C@@H]3CC=C4C[C@@H](O)CC[C@]4(C)[C@H]3CC[C@]12C. The van der Waals surface area contributed by atoms with Crippen LogP contribution in [0.5, 0.6) is 0 Å². The fraction of sp³-hybridized carbons (Fsp3) is 0.926. The maximum Gasteiger partial charge on any atom is 0.0577 e. The molecule has 0 saturated heterocycles. The molecule has 0 bridgehead atoms. The van der Waals surface area contributed by atoms with Crippen LogP contribution in [0.25, 0.3) is 0 Å². The average molecular weight is 389 g/mol. The summed E-state index contributed by atoms with van der Waals surface area (Å²) in [7, 11) is 0. The molecule has 0 aromatic heterocycles. The van der Waals surface area contributed by atoms with E-state index in [2.05, 4.69) is 33.8 Å². The highest BCUT2D eigenvalue weighted by atomic mass is 16.3. The molecule has 1 N–H and O–H groups in total. The number of hydrogen-bond donors (Lipinski definition) is 1. The minimum atomic E-state index is -0.671. The summed E-state index contributed by atoms with van der Waals surface area (Å²) in [6.07, 6.45) is 16.0. The molecule has 0 spiro atoms. The standard InChI is InChI=1S/C27H46O/c1-18(2)7-6-8-19(3)23-11-12-24-22-10-9-20-17-21(28)13-15-26(20,4)25(22)14-16-27(23,24)5/h9,18-19,21-25,28H,6-8,10-17H2,1-5H3/t19-,21+,22+,23-,24+,25+,26+,27-/m1/s1/i1D2/t18?,19-,21+,22+,23-,24+,25+,26+,27-. The molecule has 1 unspecified atom stereocenters. The minimum Gasteiger partial charge on any atom is -0.393 e. The maximum absolute atomic E-state index is 10.2. The van der Waals surface area contributed by atoms with Crippen molar-refractivity contribution in [3.8, 4) is 0 Å². The summed E-state index contributed by atoms with van der Waals surface area (Å²) in [6.45, 7) is 9.07. The van der Waals surface area contributed by atoms with E-state index in [0.717, 1.165) is 48.9 Å². The van der Waals surface area contributed by atoms with E-state index in [9.17, 15) is 5.11 Å². The van der Waals surface area contributed by atoms with E-state index in [1.807, 2.05) is 0 Å². The number of fused-ring (bicyclic) bond motifs is 5. The van der Waals surface area contributed by atoms with Crippen LogP contribution in [-0.2, 0) is 0 Å². The highest BCUT2D eigenvalue weighted by Gasteiger charge is 2.59. The van der Waals surface area contributed by atoms with Gasteiger partial charge < -0.3 is 5.11 Å². The van der Waals surface area contributed by atoms with Gasteiger partial charge in [-0.2, -0.15) is 0 Å². The zero-order chi connectivity index (χ0) is 21.7. The first kappa shape index (κ1) is 18.5. The van der Waals surface area contributed by atoms with Crippen molar-refractivity contribution in [3.05, 3.63) is 11.6 Å². The van der Waals surface area contributed by atoms with Crippen LogP contribution in [0.1, 0.15) is 108 Å². The summed E-state index contributed by atoms with van der Waals surface area (Å²) in [5, 5.41) is 10.2. The molecular weight excluding hydrogens is 340 g/mol. The Morgan fingerprint density at radius 1 is 1.11 bits per heavy atom. The zero-order valence-corrected chi connectivity index (χ0v) is 18.9. The molecule has 9 atom stereocenters. The Hall–Kier alpha value is -0.300. The third-order valence-corrected chi connectivity index (χ3v) is 10.2. The first-order chi connectivity index (χ1) is 14.2. The molecule has 4 aliphatic carbocycles. The van der Waals surface area contributed by atoms with E-state index in [-0.39, 0.29) is 12.0 Å². The Labute approximate surface area is 177 Å². The third-order valence-electron chi connectivity index (χ3n) is 10.2. The van der Waals surface area contributed by atoms with Gasteiger partial charge in [-0.05, 0) is 97.7 Å². The molecule has 0 aliphatic heterocycles. The number of aliphatic hydroxyl groups excluding tert-OH is 1. The van der Waals surface area contributed by atoms with Crippen LogP contribution in [0.3, 0.4) is 0 Å². The largest absolute Gasteiger partial charge is 0.393 e. The molecule has 0 aromatic rings. The number of allylic oxidation sites excluding steroid dienone is 1. The van der Waals surface area contributed by atoms with Gasteiger partial charge in [-0.15, -0.1) is 0 Å². The summed E-state index contributed by atoms with van der Waals surface area (Å²) in [5.41, 5.74) is 2.45. The van der Waals surface area contributed by atoms with Crippen LogP contribution < -0.4 is 0 Å². The van der Waals surface area contributed by atoms with Gasteiger partial charge in [-0.1, -0.05) is 65.5 Å². The second-order valence-electron chi connectivity index (χ2n) is 11.8. The van der Waals surface area contributed by atoms with E-state index in [4.69, 9.17) is 2.74 Å². The topological polar surface area (TPSA) is 20.2 Å². The number of rotatable bonds is 5. The lowest BCUT2D eigenvalue weighted by Gasteiger charge is -2.58. The Morgan fingerprint density at radius 2 is 1.93 bits per heavy atom. The van der Waals surface area contributed by atoms with E-state index in [0.29, 0.717) is 10.8 Å². The summed E-state index contributed by atoms with van der Waals surface area (Å²) in [4.78, 5) is 0. The van der Waals surface area contributed by atoms with Crippen LogP contribution >= 0.6 is 0 Å². The lowest BCUT2D eigenvalue weighted by molar-refractivity contribution is -0.0573. The molecule has 4 rings (SSSR count). The van der Waals surface area contributed by atoms with Crippen molar-refractivity contribution in [3.63, 3.8) is 0 Å². The Balaban J connectivity index is 1.44. The van der Waals surface area contributed by atoms with Crippen LogP contribution in [0, 0.1) is 46.3 Å². The van der Waals surface area contributed by atoms with Gasteiger partial charge in [0.2, 0.25) is 0 Å². The monoisotopic (exact) mass is 388 g/mol. The maximum atomic E-state index is 10.2. The Morgan fingerprint density at radius 3 is 2.71 bits per heavy atom. The molecule has 28 heavy (non-hydrogen) atoms. The van der Waals surface area contributed by atoms with Gasteiger partial charge in [0.25, 0.3) is 0 Å². The highest BCUT2D eigenvalue weighted by molar-refractivity contribution is 5.25. The summed E-state index contributed by atoms with van der Waals surface area (Å²) >= 11 is 0. The first-order valence-corrected chi connectivity index (χ1v) is 12.4. The fourth-order valence-electron chi connectivity index (χ4n) is 8.58. The van der Waals surface area contributed by atoms with Gasteiger partial charge in [0.1, 0.15) is 0 Å². The summed E-state index contributed by atoms with van der Waals surface area (Å²) < 4.78 is 15.2.